The third kappa shape index (κ3) is 5.31. The van der Waals surface area contributed by atoms with Crippen molar-refractivity contribution in [3.8, 4) is 11.1 Å². The van der Waals surface area contributed by atoms with Crippen molar-refractivity contribution >= 4 is 43.1 Å². The number of aliphatic carboxylic acids is 1. The maximum absolute atomic E-state index is 11.5. The molecule has 2 aliphatic rings. The van der Waals surface area contributed by atoms with E-state index in [1.807, 2.05) is 18.3 Å². The van der Waals surface area contributed by atoms with E-state index in [1.54, 1.807) is 4.52 Å². The monoisotopic (exact) mass is 520 g/mol. The van der Waals surface area contributed by atoms with Crippen molar-refractivity contribution < 1.29 is 18.3 Å². The standard InChI is InChI=1S/C18H19BrN4O2S.C4H6O2/c19-16-17-15(2-1-7-23(17)21-18(16)20)14-5-3-13(4-6-14)12-22-8-10-26(24,25)11-9-22;5-4(6)3-1-2-3/h1-7H,8-12H2,(H2,20,21);3H,1-2H2,(H,5,6). The van der Waals surface area contributed by atoms with Crippen LogP contribution in [0.4, 0.5) is 5.82 Å². The zero-order valence-electron chi connectivity index (χ0n) is 17.4. The second-order valence-corrected chi connectivity index (χ2v) is 11.2. The molecule has 0 radical (unpaired) electrons. The van der Waals surface area contributed by atoms with Crippen LogP contribution in [0.25, 0.3) is 16.6 Å². The molecule has 5 rings (SSSR count). The lowest BCUT2D eigenvalue weighted by atomic mass is 10.0. The number of aromatic nitrogens is 2. The first-order valence-corrected chi connectivity index (χ1v) is 13.0. The van der Waals surface area contributed by atoms with Crippen molar-refractivity contribution in [1.82, 2.24) is 14.5 Å². The molecule has 2 fully saturated rings. The molecule has 8 nitrogen and oxygen atoms in total. The number of benzene rings is 1. The second-order valence-electron chi connectivity index (χ2n) is 8.15. The summed E-state index contributed by atoms with van der Waals surface area (Å²) >= 11 is 3.52. The molecular formula is C22H25BrN4O4S. The number of sulfone groups is 1. The number of carbonyl (C=O) groups is 1. The first-order valence-electron chi connectivity index (χ1n) is 10.4. The highest BCUT2D eigenvalue weighted by Crippen LogP contribution is 2.33. The van der Waals surface area contributed by atoms with Crippen LogP contribution in [-0.4, -0.2) is 58.6 Å². The SMILES string of the molecule is Nc1nn2cccc(-c3ccc(CN4CCS(=O)(=O)CC4)cc3)c2c1Br.O=C(O)C1CC1. The van der Waals surface area contributed by atoms with Crippen molar-refractivity contribution in [2.45, 2.75) is 19.4 Å². The Morgan fingerprint density at radius 1 is 1.16 bits per heavy atom. The normalized spacial score (nSPS) is 18.2. The minimum Gasteiger partial charge on any atom is -0.481 e. The highest BCUT2D eigenvalue weighted by atomic mass is 79.9. The predicted octanol–water partition coefficient (Wildman–Crippen LogP) is 3.06. The number of halogens is 1. The topological polar surface area (TPSA) is 118 Å². The fourth-order valence-electron chi connectivity index (χ4n) is 3.60. The van der Waals surface area contributed by atoms with Crippen molar-refractivity contribution in [2.24, 2.45) is 5.92 Å². The Bertz CT molecular complexity index is 1220. The number of fused-ring (bicyclic) bond motifs is 1. The van der Waals surface area contributed by atoms with Crippen LogP contribution in [0.3, 0.4) is 0 Å². The van der Waals surface area contributed by atoms with E-state index in [2.05, 4.69) is 50.2 Å². The van der Waals surface area contributed by atoms with Gasteiger partial charge in [0.1, 0.15) is 0 Å². The molecule has 3 N–H and O–H groups in total. The summed E-state index contributed by atoms with van der Waals surface area (Å²) < 4.78 is 25.7. The van der Waals surface area contributed by atoms with E-state index in [9.17, 15) is 13.2 Å². The molecule has 2 aromatic heterocycles. The number of nitrogens with two attached hydrogens (primary N) is 1. The summed E-state index contributed by atoms with van der Waals surface area (Å²) in [4.78, 5) is 11.9. The fourth-order valence-corrected chi connectivity index (χ4v) is 5.35. The number of nitrogens with zero attached hydrogens (tertiary/aromatic N) is 3. The molecule has 1 saturated carbocycles. The van der Waals surface area contributed by atoms with Crippen LogP contribution in [0, 0.1) is 5.92 Å². The van der Waals surface area contributed by atoms with E-state index >= 15 is 0 Å². The summed E-state index contributed by atoms with van der Waals surface area (Å²) in [6, 6.07) is 12.3. The molecule has 10 heteroatoms. The summed E-state index contributed by atoms with van der Waals surface area (Å²) in [6.07, 6.45) is 3.67. The van der Waals surface area contributed by atoms with Crippen LogP contribution in [0.15, 0.2) is 47.1 Å². The zero-order valence-corrected chi connectivity index (χ0v) is 19.8. The van der Waals surface area contributed by atoms with Crippen LogP contribution >= 0.6 is 15.9 Å². The number of rotatable bonds is 4. The molecule has 1 aliphatic carbocycles. The summed E-state index contributed by atoms with van der Waals surface area (Å²) in [6.45, 7) is 1.97. The fraction of sp³-hybridized carbons (Fsp3) is 0.364. The van der Waals surface area contributed by atoms with Crippen LogP contribution in [0.5, 0.6) is 0 Å². The Kier molecular flexibility index (Phi) is 6.55. The summed E-state index contributed by atoms with van der Waals surface area (Å²) in [5, 5.41) is 12.4. The average molecular weight is 521 g/mol. The Labute approximate surface area is 195 Å². The Morgan fingerprint density at radius 3 is 2.38 bits per heavy atom. The van der Waals surface area contributed by atoms with Gasteiger partial charge >= 0.3 is 5.97 Å². The third-order valence-electron chi connectivity index (χ3n) is 5.66. The molecule has 0 atom stereocenters. The number of carboxylic acids is 1. The third-order valence-corrected chi connectivity index (χ3v) is 8.05. The quantitative estimate of drug-likeness (QED) is 0.542. The van der Waals surface area contributed by atoms with Gasteiger partial charge in [0.2, 0.25) is 0 Å². The minimum atomic E-state index is -2.84. The van der Waals surface area contributed by atoms with Crippen LogP contribution in [0.2, 0.25) is 0 Å². The summed E-state index contributed by atoms with van der Waals surface area (Å²) in [5.41, 5.74) is 10.2. The van der Waals surface area contributed by atoms with Gasteiger partial charge in [0.25, 0.3) is 0 Å². The number of anilines is 1. The van der Waals surface area contributed by atoms with Crippen LogP contribution < -0.4 is 5.73 Å². The maximum atomic E-state index is 11.5. The van der Waals surface area contributed by atoms with Gasteiger partial charge in [-0.25, -0.2) is 12.9 Å². The highest BCUT2D eigenvalue weighted by Gasteiger charge is 2.28. The van der Waals surface area contributed by atoms with Gasteiger partial charge in [0.15, 0.2) is 15.7 Å². The van der Waals surface area contributed by atoms with Gasteiger partial charge in [0, 0.05) is 31.4 Å². The average Bonchev–Trinajstić information content (AvgIpc) is 3.57. The lowest BCUT2D eigenvalue weighted by Gasteiger charge is -2.26. The summed E-state index contributed by atoms with van der Waals surface area (Å²) in [7, 11) is -2.84. The van der Waals surface area contributed by atoms with E-state index in [0.717, 1.165) is 40.5 Å². The first kappa shape index (κ1) is 22.8. The summed E-state index contributed by atoms with van der Waals surface area (Å²) in [5.74, 6) is 0.363. The number of carboxylic acid groups (broad SMARTS) is 1. The molecule has 0 spiro atoms. The smallest absolute Gasteiger partial charge is 0.306 e. The maximum Gasteiger partial charge on any atom is 0.306 e. The molecule has 3 aromatic rings. The number of hydrogen-bond acceptors (Lipinski definition) is 6. The van der Waals surface area contributed by atoms with E-state index < -0.39 is 15.8 Å². The molecule has 3 heterocycles. The van der Waals surface area contributed by atoms with Crippen LogP contribution in [-0.2, 0) is 21.2 Å². The first-order chi connectivity index (χ1) is 15.2. The molecule has 0 unspecified atom stereocenters. The molecule has 1 aliphatic heterocycles. The van der Waals surface area contributed by atoms with Crippen LogP contribution in [0.1, 0.15) is 18.4 Å². The van der Waals surface area contributed by atoms with Crippen molar-refractivity contribution in [3.05, 3.63) is 52.6 Å². The molecule has 1 aromatic carbocycles. The lowest BCUT2D eigenvalue weighted by molar-refractivity contribution is -0.138. The van der Waals surface area contributed by atoms with E-state index in [1.165, 1.54) is 5.56 Å². The Balaban J connectivity index is 0.000000354. The van der Waals surface area contributed by atoms with Gasteiger partial charge in [-0.2, -0.15) is 0 Å². The Hall–Kier alpha value is -2.43. The molecular weight excluding hydrogens is 496 g/mol. The zero-order chi connectivity index (χ0) is 22.9. The minimum absolute atomic E-state index is 0.0185. The number of nitrogen functional groups attached to an aromatic ring is 1. The van der Waals surface area contributed by atoms with E-state index in [4.69, 9.17) is 10.8 Å². The molecule has 0 bridgehead atoms. The molecule has 32 heavy (non-hydrogen) atoms. The molecule has 1 saturated heterocycles. The second kappa shape index (κ2) is 9.21. The van der Waals surface area contributed by atoms with Gasteiger partial charge in [-0.05, 0) is 46.0 Å². The number of hydrogen-bond donors (Lipinski definition) is 2. The van der Waals surface area contributed by atoms with Crippen molar-refractivity contribution in [3.63, 3.8) is 0 Å². The van der Waals surface area contributed by atoms with E-state index in [0.29, 0.717) is 18.9 Å². The van der Waals surface area contributed by atoms with Gasteiger partial charge in [-0.1, -0.05) is 30.3 Å². The van der Waals surface area contributed by atoms with Crippen molar-refractivity contribution in [2.75, 3.05) is 30.3 Å². The molecule has 0 amide bonds. The molecule has 170 valence electrons. The Morgan fingerprint density at radius 2 is 1.81 bits per heavy atom. The largest absolute Gasteiger partial charge is 0.481 e. The van der Waals surface area contributed by atoms with Gasteiger partial charge in [-0.15, -0.1) is 5.10 Å². The van der Waals surface area contributed by atoms with Gasteiger partial charge < -0.3 is 10.8 Å². The van der Waals surface area contributed by atoms with Crippen molar-refractivity contribution in [1.29, 1.82) is 0 Å². The number of pyridine rings is 1. The lowest BCUT2D eigenvalue weighted by Crippen LogP contribution is -2.39. The predicted molar refractivity (Wildman–Crippen MR) is 127 cm³/mol. The van der Waals surface area contributed by atoms with Gasteiger partial charge in [-0.3, -0.25) is 9.69 Å². The highest BCUT2D eigenvalue weighted by molar-refractivity contribution is 9.10. The van der Waals surface area contributed by atoms with Gasteiger partial charge in [0.05, 0.1) is 27.4 Å². The van der Waals surface area contributed by atoms with E-state index in [-0.39, 0.29) is 17.4 Å².